The molecule has 0 aliphatic carbocycles. The molecule has 66 heavy (non-hydrogen) atoms. The summed E-state index contributed by atoms with van der Waals surface area (Å²) >= 11 is 0. The van der Waals surface area contributed by atoms with Gasteiger partial charge in [-0.15, -0.1) is 0 Å². The predicted molar refractivity (Wildman–Crippen MR) is 287 cm³/mol. The maximum absolute atomic E-state index is 13.3. The van der Waals surface area contributed by atoms with Crippen LogP contribution in [0.2, 0.25) is 0 Å². The summed E-state index contributed by atoms with van der Waals surface area (Å²) in [7, 11) is 0. The molecule has 0 radical (unpaired) electrons. The van der Waals surface area contributed by atoms with E-state index in [-0.39, 0.29) is 24.9 Å². The van der Waals surface area contributed by atoms with Crippen LogP contribution in [0.5, 0.6) is 0 Å². The Hall–Kier alpha value is -2.18. The fourth-order valence-corrected chi connectivity index (χ4v) is 8.78. The second-order valence-corrected chi connectivity index (χ2v) is 19.7. The summed E-state index contributed by atoms with van der Waals surface area (Å²) < 4.78 is 5.94. The van der Waals surface area contributed by atoms with E-state index in [2.05, 4.69) is 74.7 Å². The summed E-state index contributed by atoms with van der Waals surface area (Å²) in [4.78, 5) is 26.2. The van der Waals surface area contributed by atoms with E-state index in [1.807, 2.05) is 0 Å². The van der Waals surface area contributed by atoms with Crippen molar-refractivity contribution in [1.29, 1.82) is 0 Å². The Morgan fingerprint density at radius 3 is 1.17 bits per heavy atom. The lowest BCUT2D eigenvalue weighted by Crippen LogP contribution is -2.46. The molecule has 1 amide bonds. The van der Waals surface area contributed by atoms with Gasteiger partial charge in [-0.2, -0.15) is 0 Å². The minimum atomic E-state index is -0.796. The summed E-state index contributed by atoms with van der Waals surface area (Å²) in [5, 5.41) is 23.9. The number of nitrogens with one attached hydrogen (secondary N) is 1. The van der Waals surface area contributed by atoms with Gasteiger partial charge in [0, 0.05) is 6.42 Å². The maximum atomic E-state index is 13.3. The van der Waals surface area contributed by atoms with Gasteiger partial charge in [-0.05, 0) is 64.2 Å². The maximum Gasteiger partial charge on any atom is 0.306 e. The summed E-state index contributed by atoms with van der Waals surface area (Å²) in [6, 6.07) is -0.711. The van der Waals surface area contributed by atoms with Crippen LogP contribution in [0, 0.1) is 0 Å². The van der Waals surface area contributed by atoms with E-state index >= 15 is 0 Å². The molecule has 0 spiro atoms. The van der Waals surface area contributed by atoms with E-state index in [0.717, 1.165) is 64.2 Å². The third kappa shape index (κ3) is 48.3. The van der Waals surface area contributed by atoms with Gasteiger partial charge in [-0.1, -0.05) is 268 Å². The Balaban J connectivity index is 4.63. The van der Waals surface area contributed by atoms with Crippen LogP contribution >= 0.6 is 0 Å². The van der Waals surface area contributed by atoms with Gasteiger partial charge in [0.15, 0.2) is 0 Å². The van der Waals surface area contributed by atoms with Crippen molar-refractivity contribution < 1.29 is 24.5 Å². The van der Waals surface area contributed by atoms with Gasteiger partial charge in [-0.25, -0.2) is 0 Å². The molecule has 0 saturated carbocycles. The largest absolute Gasteiger partial charge is 0.462 e. The van der Waals surface area contributed by atoms with Crippen LogP contribution in [0.25, 0.3) is 0 Å². The average molecular weight is 927 g/mol. The Labute approximate surface area is 410 Å². The number of carbonyl (C=O) groups excluding carboxylic acids is 2. The van der Waals surface area contributed by atoms with Gasteiger partial charge < -0.3 is 20.3 Å². The molecular weight excluding hydrogens is 815 g/mol. The first-order valence-corrected chi connectivity index (χ1v) is 28.9. The molecule has 3 atom stereocenters. The Bertz CT molecular complexity index is 1130. The zero-order valence-corrected chi connectivity index (χ0v) is 44.1. The molecule has 0 fully saturated rings. The molecule has 6 heteroatoms. The Morgan fingerprint density at radius 2 is 0.773 bits per heavy atom. The van der Waals surface area contributed by atoms with Crippen molar-refractivity contribution in [2.45, 2.75) is 315 Å². The topological polar surface area (TPSA) is 95.9 Å². The monoisotopic (exact) mass is 926 g/mol. The molecule has 6 nitrogen and oxygen atoms in total. The van der Waals surface area contributed by atoms with E-state index in [1.54, 1.807) is 0 Å². The van der Waals surface area contributed by atoms with Crippen molar-refractivity contribution in [3.8, 4) is 0 Å². The van der Waals surface area contributed by atoms with Gasteiger partial charge in [0.1, 0.15) is 6.10 Å². The second-order valence-electron chi connectivity index (χ2n) is 19.7. The minimum absolute atomic E-state index is 0.0593. The van der Waals surface area contributed by atoms with Crippen LogP contribution in [0.1, 0.15) is 297 Å². The standard InChI is InChI=1S/C60H111NO5/c1-4-7-10-13-16-19-22-25-27-29-31-34-36-39-42-45-48-51-56(66-60(65)53-50-47-44-41-38-35-32-30-28-26-23-20-17-14-11-8-5-2)54-59(64)61-57(55-62)58(63)52-49-46-43-40-37-33-24-21-18-15-12-9-6-3/h17,20,26,28,32,35,41,44,56-58,62-63H,4-16,18-19,21-25,27,29-31,33-34,36-40,42-43,45-55H2,1-3H3,(H,61,64)/b20-17-,28-26-,35-32-,44-41-. The van der Waals surface area contributed by atoms with Gasteiger partial charge in [0.05, 0.1) is 25.2 Å². The third-order valence-electron chi connectivity index (χ3n) is 13.2. The van der Waals surface area contributed by atoms with Crippen LogP contribution in [-0.4, -0.2) is 46.9 Å². The predicted octanol–water partition coefficient (Wildman–Crippen LogP) is 17.8. The fourth-order valence-electron chi connectivity index (χ4n) is 8.78. The zero-order valence-electron chi connectivity index (χ0n) is 44.1. The van der Waals surface area contributed by atoms with E-state index in [1.165, 1.54) is 180 Å². The normalized spacial score (nSPS) is 13.5. The number of esters is 1. The molecule has 0 aromatic rings. The molecule has 3 unspecified atom stereocenters. The van der Waals surface area contributed by atoms with Crippen LogP contribution < -0.4 is 5.32 Å². The molecule has 0 rings (SSSR count). The zero-order chi connectivity index (χ0) is 48.1. The number of allylic oxidation sites excluding steroid dienone is 8. The van der Waals surface area contributed by atoms with Crippen molar-refractivity contribution in [2.24, 2.45) is 0 Å². The minimum Gasteiger partial charge on any atom is -0.462 e. The molecule has 3 N–H and O–H groups in total. The number of aliphatic hydroxyl groups is 2. The number of hydrogen-bond donors (Lipinski definition) is 3. The number of unbranched alkanes of at least 4 members (excludes halogenated alkanes) is 32. The first kappa shape index (κ1) is 63.8. The van der Waals surface area contributed by atoms with Crippen LogP contribution in [0.15, 0.2) is 48.6 Å². The van der Waals surface area contributed by atoms with E-state index in [0.29, 0.717) is 25.7 Å². The number of hydrogen-bond acceptors (Lipinski definition) is 5. The summed E-state index contributed by atoms with van der Waals surface area (Å²) in [6.45, 7) is 6.47. The lowest BCUT2D eigenvalue weighted by Gasteiger charge is -2.24. The van der Waals surface area contributed by atoms with Crippen molar-refractivity contribution in [3.63, 3.8) is 0 Å². The molecule has 0 aliphatic heterocycles. The number of carbonyl (C=O) groups is 2. The first-order chi connectivity index (χ1) is 32.5. The number of ether oxygens (including phenoxy) is 1. The Kier molecular flexibility index (Phi) is 52.0. The summed E-state index contributed by atoms with van der Waals surface area (Å²) in [5.74, 6) is -0.527. The number of amides is 1. The van der Waals surface area contributed by atoms with Crippen molar-refractivity contribution in [3.05, 3.63) is 48.6 Å². The molecule has 0 saturated heterocycles. The summed E-state index contributed by atoms with van der Waals surface area (Å²) in [6.07, 6.45) is 66.1. The van der Waals surface area contributed by atoms with Crippen LogP contribution in [-0.2, 0) is 14.3 Å². The van der Waals surface area contributed by atoms with Crippen molar-refractivity contribution in [1.82, 2.24) is 5.32 Å². The average Bonchev–Trinajstić information content (AvgIpc) is 3.31. The highest BCUT2D eigenvalue weighted by molar-refractivity contribution is 5.77. The first-order valence-electron chi connectivity index (χ1n) is 28.9. The van der Waals surface area contributed by atoms with E-state index in [9.17, 15) is 19.8 Å². The lowest BCUT2D eigenvalue weighted by molar-refractivity contribution is -0.151. The van der Waals surface area contributed by atoms with E-state index in [4.69, 9.17) is 4.74 Å². The van der Waals surface area contributed by atoms with Crippen molar-refractivity contribution >= 4 is 11.9 Å². The Morgan fingerprint density at radius 1 is 0.439 bits per heavy atom. The molecular formula is C60H111NO5. The van der Waals surface area contributed by atoms with Gasteiger partial charge in [-0.3, -0.25) is 9.59 Å². The molecule has 0 aromatic heterocycles. The molecule has 0 aliphatic rings. The van der Waals surface area contributed by atoms with Crippen molar-refractivity contribution in [2.75, 3.05) is 6.61 Å². The number of aliphatic hydroxyl groups excluding tert-OH is 2. The highest BCUT2D eigenvalue weighted by Crippen LogP contribution is 2.18. The molecule has 0 aromatic carbocycles. The second kappa shape index (κ2) is 53.8. The molecule has 386 valence electrons. The highest BCUT2D eigenvalue weighted by Gasteiger charge is 2.24. The third-order valence-corrected chi connectivity index (χ3v) is 13.2. The van der Waals surface area contributed by atoms with Crippen LogP contribution in [0.3, 0.4) is 0 Å². The quantitative estimate of drug-likeness (QED) is 0.0321. The van der Waals surface area contributed by atoms with E-state index < -0.39 is 18.2 Å². The van der Waals surface area contributed by atoms with Gasteiger partial charge >= 0.3 is 5.97 Å². The number of rotatable bonds is 52. The molecule has 0 bridgehead atoms. The smallest absolute Gasteiger partial charge is 0.306 e. The fraction of sp³-hybridized carbons (Fsp3) is 0.833. The lowest BCUT2D eigenvalue weighted by atomic mass is 10.0. The SMILES string of the molecule is CCCCC/C=C\C/C=C\C/C=C\C/C=C\CCCC(=O)OC(CCCCCCCCCCCCCCCCCCC)CC(=O)NC(CO)C(O)CCCCCCCCCCCCCCC. The van der Waals surface area contributed by atoms with Gasteiger partial charge in [0.2, 0.25) is 5.91 Å². The summed E-state index contributed by atoms with van der Waals surface area (Å²) in [5.41, 5.74) is 0. The highest BCUT2D eigenvalue weighted by atomic mass is 16.5. The van der Waals surface area contributed by atoms with Gasteiger partial charge in [0.25, 0.3) is 0 Å². The molecule has 0 heterocycles. The van der Waals surface area contributed by atoms with Crippen LogP contribution in [0.4, 0.5) is 0 Å².